The van der Waals surface area contributed by atoms with Crippen LogP contribution in [0.4, 0.5) is 0 Å². The molecule has 0 radical (unpaired) electrons. The number of allylic oxidation sites excluding steroid dienone is 1. The third-order valence-electron chi connectivity index (χ3n) is 5.94. The van der Waals surface area contributed by atoms with Crippen LogP contribution in [0.3, 0.4) is 0 Å². The molecule has 1 aromatic carbocycles. The van der Waals surface area contributed by atoms with Crippen molar-refractivity contribution in [1.82, 2.24) is 4.57 Å². The van der Waals surface area contributed by atoms with Crippen LogP contribution in [0.25, 0.3) is 0 Å². The Hall–Kier alpha value is -3.00. The molecule has 0 spiro atoms. The fourth-order valence-electron chi connectivity index (χ4n) is 4.17. The lowest BCUT2D eigenvalue weighted by Crippen LogP contribution is -2.42. The normalized spacial score (nSPS) is 18.6. The SMILES string of the molecule is CCC[C@@H](/C=C/CC(=O)n1cccc1)[C@@]1(CCSC)N=C(c2c(OC)cccc2OC)OC1=O. The lowest BCUT2D eigenvalue weighted by Gasteiger charge is -2.29. The number of hydrogen-bond acceptors (Lipinski definition) is 7. The standard InChI is InChI=1S/C26H32N2O5S/c1-5-10-19(11-8-14-22(29)28-16-6-7-17-28)26(15-18-34-4)25(30)33-24(27-26)23-20(31-2)12-9-13-21(23)32-3/h6-9,11-13,16-17,19H,5,10,14-15,18H2,1-4H3/b11-8+/t19-,26+/m0/s1. The minimum absolute atomic E-state index is 0.0355. The van der Waals surface area contributed by atoms with Gasteiger partial charge in [-0.3, -0.25) is 9.36 Å². The van der Waals surface area contributed by atoms with Crippen molar-refractivity contribution in [3.8, 4) is 11.5 Å². The lowest BCUT2D eigenvalue weighted by atomic mass is 9.79. The van der Waals surface area contributed by atoms with E-state index in [1.165, 1.54) is 0 Å². The Morgan fingerprint density at radius 1 is 1.21 bits per heavy atom. The summed E-state index contributed by atoms with van der Waals surface area (Å²) in [5, 5.41) is 0. The monoisotopic (exact) mass is 484 g/mol. The molecule has 182 valence electrons. The number of hydrogen-bond donors (Lipinski definition) is 0. The Morgan fingerprint density at radius 3 is 2.47 bits per heavy atom. The molecule has 0 bridgehead atoms. The second kappa shape index (κ2) is 11.9. The highest BCUT2D eigenvalue weighted by molar-refractivity contribution is 7.98. The highest BCUT2D eigenvalue weighted by atomic mass is 32.2. The first-order valence-electron chi connectivity index (χ1n) is 11.4. The van der Waals surface area contributed by atoms with Crippen LogP contribution in [0.5, 0.6) is 11.5 Å². The average Bonchev–Trinajstić information content (AvgIpc) is 3.50. The molecule has 34 heavy (non-hydrogen) atoms. The van der Waals surface area contributed by atoms with Crippen molar-refractivity contribution < 1.29 is 23.8 Å². The molecule has 2 atom stereocenters. The number of aliphatic imine (C=N–C) groups is 1. The number of aromatic nitrogens is 1. The summed E-state index contributed by atoms with van der Waals surface area (Å²) in [4.78, 5) is 30.8. The van der Waals surface area contributed by atoms with Crippen molar-refractivity contribution in [3.05, 3.63) is 60.4 Å². The summed E-state index contributed by atoms with van der Waals surface area (Å²) in [6.07, 6.45) is 11.6. The van der Waals surface area contributed by atoms with Gasteiger partial charge in [0.2, 0.25) is 11.8 Å². The molecule has 0 aliphatic carbocycles. The summed E-state index contributed by atoms with van der Waals surface area (Å²) in [5.74, 6) is 1.35. The van der Waals surface area contributed by atoms with E-state index >= 15 is 0 Å². The Morgan fingerprint density at radius 2 is 1.88 bits per heavy atom. The number of nitrogens with zero attached hydrogens (tertiary/aromatic N) is 2. The van der Waals surface area contributed by atoms with Crippen LogP contribution < -0.4 is 9.47 Å². The van der Waals surface area contributed by atoms with Crippen molar-refractivity contribution in [3.63, 3.8) is 0 Å². The highest BCUT2D eigenvalue weighted by Crippen LogP contribution is 2.41. The Balaban J connectivity index is 1.99. The number of methoxy groups -OCH3 is 2. The maximum absolute atomic E-state index is 13.5. The molecule has 2 heterocycles. The molecular weight excluding hydrogens is 452 g/mol. The highest BCUT2D eigenvalue weighted by Gasteiger charge is 2.51. The quantitative estimate of drug-likeness (QED) is 0.311. The van der Waals surface area contributed by atoms with Crippen LogP contribution in [-0.4, -0.2) is 54.1 Å². The van der Waals surface area contributed by atoms with E-state index in [9.17, 15) is 9.59 Å². The van der Waals surface area contributed by atoms with E-state index in [-0.39, 0.29) is 30.1 Å². The van der Waals surface area contributed by atoms with E-state index in [1.54, 1.807) is 55.1 Å². The molecule has 3 rings (SSSR count). The minimum atomic E-state index is -1.08. The van der Waals surface area contributed by atoms with Crippen LogP contribution in [-0.2, 0) is 9.53 Å². The summed E-state index contributed by atoms with van der Waals surface area (Å²) in [7, 11) is 3.11. The maximum Gasteiger partial charge on any atom is 0.341 e. The van der Waals surface area contributed by atoms with E-state index in [0.717, 1.165) is 18.6 Å². The second-order valence-electron chi connectivity index (χ2n) is 8.02. The topological polar surface area (TPSA) is 79.1 Å². The van der Waals surface area contributed by atoms with Gasteiger partial charge in [0.25, 0.3) is 0 Å². The number of benzene rings is 1. The number of esters is 1. The van der Waals surface area contributed by atoms with Gasteiger partial charge in [0.1, 0.15) is 17.1 Å². The molecular formula is C26H32N2O5S. The van der Waals surface area contributed by atoms with Gasteiger partial charge in [-0.25, -0.2) is 9.79 Å². The van der Waals surface area contributed by atoms with Gasteiger partial charge in [0, 0.05) is 24.7 Å². The molecule has 0 saturated heterocycles. The summed E-state index contributed by atoms with van der Waals surface area (Å²) in [6.45, 7) is 2.07. The summed E-state index contributed by atoms with van der Waals surface area (Å²) in [6, 6.07) is 9.01. The van der Waals surface area contributed by atoms with Crippen molar-refractivity contribution in [2.75, 3.05) is 26.2 Å². The number of carbonyl (C=O) groups excluding carboxylic acids is 2. The van der Waals surface area contributed by atoms with Crippen LogP contribution in [0.1, 0.15) is 43.0 Å². The largest absolute Gasteiger partial charge is 0.496 e. The van der Waals surface area contributed by atoms with E-state index in [0.29, 0.717) is 23.5 Å². The van der Waals surface area contributed by atoms with Crippen molar-refractivity contribution in [2.24, 2.45) is 10.9 Å². The zero-order valence-corrected chi connectivity index (χ0v) is 21.0. The Kier molecular flexibility index (Phi) is 8.98. The first kappa shape index (κ1) is 25.6. The Bertz CT molecular complexity index is 1030. The van der Waals surface area contributed by atoms with Gasteiger partial charge in [-0.2, -0.15) is 11.8 Å². The molecule has 0 fully saturated rings. The molecule has 0 unspecified atom stereocenters. The maximum atomic E-state index is 13.5. The van der Waals surface area contributed by atoms with Crippen molar-refractivity contribution in [1.29, 1.82) is 0 Å². The van der Waals surface area contributed by atoms with Crippen LogP contribution in [0.15, 0.2) is 59.9 Å². The molecule has 1 aliphatic heterocycles. The molecule has 0 N–H and O–H groups in total. The van der Waals surface area contributed by atoms with Gasteiger partial charge in [-0.1, -0.05) is 31.6 Å². The number of rotatable bonds is 12. The molecule has 8 heteroatoms. The third kappa shape index (κ3) is 5.38. The van der Waals surface area contributed by atoms with E-state index < -0.39 is 5.54 Å². The fourth-order valence-corrected chi connectivity index (χ4v) is 4.69. The van der Waals surface area contributed by atoms with E-state index in [1.807, 2.05) is 36.6 Å². The first-order chi connectivity index (χ1) is 16.5. The van der Waals surface area contributed by atoms with Gasteiger partial charge in [-0.15, -0.1) is 0 Å². The van der Waals surface area contributed by atoms with Gasteiger partial charge >= 0.3 is 5.97 Å². The molecule has 2 aromatic rings. The molecule has 1 aliphatic rings. The fraction of sp³-hybridized carbons (Fsp3) is 0.423. The molecule has 1 aromatic heterocycles. The third-order valence-corrected chi connectivity index (χ3v) is 6.55. The summed E-state index contributed by atoms with van der Waals surface area (Å²) in [5.41, 5.74) is -0.554. The van der Waals surface area contributed by atoms with Gasteiger partial charge in [0.05, 0.1) is 14.2 Å². The predicted octanol–water partition coefficient (Wildman–Crippen LogP) is 5.00. The van der Waals surface area contributed by atoms with Crippen LogP contribution in [0, 0.1) is 5.92 Å². The minimum Gasteiger partial charge on any atom is -0.496 e. The molecule has 0 saturated carbocycles. The average molecular weight is 485 g/mol. The van der Waals surface area contributed by atoms with Gasteiger partial charge in [0.15, 0.2) is 5.54 Å². The first-order valence-corrected chi connectivity index (χ1v) is 12.7. The number of thioether (sulfide) groups is 1. The summed E-state index contributed by atoms with van der Waals surface area (Å²) >= 11 is 1.66. The summed E-state index contributed by atoms with van der Waals surface area (Å²) < 4.78 is 18.4. The van der Waals surface area contributed by atoms with Crippen molar-refractivity contribution >= 4 is 29.5 Å². The number of carbonyl (C=O) groups is 2. The molecule has 7 nitrogen and oxygen atoms in total. The Labute approximate surface area is 205 Å². The van der Waals surface area contributed by atoms with E-state index in [4.69, 9.17) is 19.2 Å². The van der Waals surface area contributed by atoms with Crippen molar-refractivity contribution in [2.45, 2.75) is 38.1 Å². The van der Waals surface area contributed by atoms with Crippen LogP contribution >= 0.6 is 11.8 Å². The lowest BCUT2D eigenvalue weighted by molar-refractivity contribution is -0.140. The second-order valence-corrected chi connectivity index (χ2v) is 9.01. The number of cyclic esters (lactones) is 1. The smallest absolute Gasteiger partial charge is 0.341 e. The van der Waals surface area contributed by atoms with Gasteiger partial charge < -0.3 is 14.2 Å². The zero-order chi connectivity index (χ0) is 24.6. The zero-order valence-electron chi connectivity index (χ0n) is 20.2. The van der Waals surface area contributed by atoms with Gasteiger partial charge in [-0.05, 0) is 49.1 Å². The number of ether oxygens (including phenoxy) is 3. The molecule has 0 amide bonds. The van der Waals surface area contributed by atoms with E-state index in [2.05, 4.69) is 6.92 Å². The van der Waals surface area contributed by atoms with Crippen LogP contribution in [0.2, 0.25) is 0 Å². The predicted molar refractivity (Wildman–Crippen MR) is 135 cm³/mol.